The Bertz CT molecular complexity index is 1080. The van der Waals surface area contributed by atoms with E-state index in [2.05, 4.69) is 16.4 Å². The number of carbonyl (C=O) groups is 1. The number of methoxy groups -OCH3 is 1. The van der Waals surface area contributed by atoms with Crippen LogP contribution in [0.1, 0.15) is 29.7 Å². The second-order valence-corrected chi connectivity index (χ2v) is 7.27. The SMILES string of the molecule is COCCCNC(=O)CCn1cnc2c(c(C)c(C)n2-c2cccc(C)c2)c1=O. The lowest BCUT2D eigenvalue weighted by molar-refractivity contribution is -0.121. The molecule has 0 radical (unpaired) electrons. The maximum atomic E-state index is 13.1. The summed E-state index contributed by atoms with van der Waals surface area (Å²) in [5.74, 6) is -0.0849. The summed E-state index contributed by atoms with van der Waals surface area (Å²) in [5, 5.41) is 3.44. The molecule has 7 nitrogen and oxygen atoms in total. The van der Waals surface area contributed by atoms with E-state index in [0.29, 0.717) is 30.7 Å². The van der Waals surface area contributed by atoms with Crippen LogP contribution in [0.3, 0.4) is 0 Å². The number of amides is 1. The van der Waals surface area contributed by atoms with E-state index in [-0.39, 0.29) is 17.9 Å². The fourth-order valence-corrected chi connectivity index (χ4v) is 3.48. The van der Waals surface area contributed by atoms with Crippen LogP contribution in [0.15, 0.2) is 35.4 Å². The number of nitrogens with one attached hydrogen (secondary N) is 1. The number of rotatable bonds is 8. The molecule has 0 aliphatic carbocycles. The first-order chi connectivity index (χ1) is 13.9. The number of benzene rings is 1. The molecule has 3 rings (SSSR count). The molecule has 0 saturated heterocycles. The molecule has 0 aliphatic heterocycles. The zero-order valence-corrected chi connectivity index (χ0v) is 17.5. The number of fused-ring (bicyclic) bond motifs is 1. The summed E-state index contributed by atoms with van der Waals surface area (Å²) in [6.45, 7) is 7.45. The van der Waals surface area contributed by atoms with Crippen molar-refractivity contribution < 1.29 is 9.53 Å². The molecule has 0 atom stereocenters. The van der Waals surface area contributed by atoms with E-state index in [1.54, 1.807) is 7.11 Å². The van der Waals surface area contributed by atoms with Crippen LogP contribution in [-0.4, -0.2) is 40.3 Å². The van der Waals surface area contributed by atoms with Gasteiger partial charge in [0.25, 0.3) is 5.56 Å². The molecule has 0 bridgehead atoms. The van der Waals surface area contributed by atoms with Gasteiger partial charge in [0.05, 0.1) is 11.7 Å². The maximum Gasteiger partial charge on any atom is 0.263 e. The average molecular weight is 396 g/mol. The molecular formula is C22H28N4O3. The molecule has 29 heavy (non-hydrogen) atoms. The van der Waals surface area contributed by atoms with E-state index in [9.17, 15) is 9.59 Å². The zero-order chi connectivity index (χ0) is 21.0. The summed E-state index contributed by atoms with van der Waals surface area (Å²) in [6.07, 6.45) is 2.53. The van der Waals surface area contributed by atoms with Crippen LogP contribution >= 0.6 is 0 Å². The van der Waals surface area contributed by atoms with E-state index in [1.165, 1.54) is 10.9 Å². The minimum Gasteiger partial charge on any atom is -0.385 e. The van der Waals surface area contributed by atoms with E-state index in [1.807, 2.05) is 43.5 Å². The Hall–Kier alpha value is -2.93. The predicted molar refractivity (Wildman–Crippen MR) is 114 cm³/mol. The van der Waals surface area contributed by atoms with Gasteiger partial charge in [-0.25, -0.2) is 4.98 Å². The Morgan fingerprint density at radius 3 is 2.76 bits per heavy atom. The van der Waals surface area contributed by atoms with Crippen molar-refractivity contribution >= 4 is 16.9 Å². The lowest BCUT2D eigenvalue weighted by Gasteiger charge is -2.10. The topological polar surface area (TPSA) is 78.2 Å². The summed E-state index contributed by atoms with van der Waals surface area (Å²) in [6, 6.07) is 8.13. The van der Waals surface area contributed by atoms with E-state index in [4.69, 9.17) is 4.74 Å². The molecular weight excluding hydrogens is 368 g/mol. The minimum absolute atomic E-state index is 0.0849. The van der Waals surface area contributed by atoms with Crippen molar-refractivity contribution in [1.82, 2.24) is 19.4 Å². The number of nitrogens with zero attached hydrogens (tertiary/aromatic N) is 3. The maximum absolute atomic E-state index is 13.1. The quantitative estimate of drug-likeness (QED) is 0.594. The van der Waals surface area contributed by atoms with Gasteiger partial charge in [0.15, 0.2) is 5.65 Å². The number of hydrogen-bond acceptors (Lipinski definition) is 4. The van der Waals surface area contributed by atoms with Crippen molar-refractivity contribution in [1.29, 1.82) is 0 Å². The monoisotopic (exact) mass is 396 g/mol. The molecule has 0 unspecified atom stereocenters. The fraction of sp³-hybridized carbons (Fsp3) is 0.409. The van der Waals surface area contributed by atoms with Crippen LogP contribution in [0.2, 0.25) is 0 Å². The van der Waals surface area contributed by atoms with Crippen LogP contribution in [0.5, 0.6) is 0 Å². The van der Waals surface area contributed by atoms with Gasteiger partial charge < -0.3 is 10.1 Å². The molecule has 2 aromatic heterocycles. The Kier molecular flexibility index (Phi) is 6.49. The predicted octanol–water partition coefficient (Wildman–Crippen LogP) is 2.66. The molecule has 1 N–H and O–H groups in total. The van der Waals surface area contributed by atoms with Crippen molar-refractivity contribution in [3.63, 3.8) is 0 Å². The number of carbonyl (C=O) groups excluding carboxylic acids is 1. The third kappa shape index (κ3) is 4.40. The number of hydrogen-bond donors (Lipinski definition) is 1. The first kappa shape index (κ1) is 20.8. The Balaban J connectivity index is 1.86. The molecule has 1 aromatic carbocycles. The average Bonchev–Trinajstić information content (AvgIpc) is 2.96. The second-order valence-electron chi connectivity index (χ2n) is 7.27. The van der Waals surface area contributed by atoms with Crippen LogP contribution in [0, 0.1) is 20.8 Å². The highest BCUT2D eigenvalue weighted by molar-refractivity contribution is 5.83. The summed E-state index contributed by atoms with van der Waals surface area (Å²) in [4.78, 5) is 29.7. The van der Waals surface area contributed by atoms with Gasteiger partial charge in [-0.1, -0.05) is 12.1 Å². The molecule has 0 fully saturated rings. The van der Waals surface area contributed by atoms with Crippen molar-refractivity contribution in [2.45, 2.75) is 40.2 Å². The highest BCUT2D eigenvalue weighted by Crippen LogP contribution is 2.25. The van der Waals surface area contributed by atoms with Crippen LogP contribution < -0.4 is 10.9 Å². The van der Waals surface area contributed by atoms with Gasteiger partial charge in [0.1, 0.15) is 0 Å². The van der Waals surface area contributed by atoms with Crippen molar-refractivity contribution in [2.24, 2.45) is 0 Å². The molecule has 1 amide bonds. The molecule has 0 saturated carbocycles. The summed E-state index contributed by atoms with van der Waals surface area (Å²) in [7, 11) is 1.63. The Labute approximate surface area is 170 Å². The fourth-order valence-electron chi connectivity index (χ4n) is 3.48. The van der Waals surface area contributed by atoms with E-state index >= 15 is 0 Å². The molecule has 0 aliphatic rings. The van der Waals surface area contributed by atoms with Crippen LogP contribution in [0.25, 0.3) is 16.7 Å². The number of aromatic nitrogens is 3. The van der Waals surface area contributed by atoms with Gasteiger partial charge >= 0.3 is 0 Å². The van der Waals surface area contributed by atoms with Gasteiger partial charge in [-0.15, -0.1) is 0 Å². The number of ether oxygens (including phenoxy) is 1. The van der Waals surface area contributed by atoms with Gasteiger partial charge in [-0.3, -0.25) is 18.7 Å². The highest BCUT2D eigenvalue weighted by Gasteiger charge is 2.18. The lowest BCUT2D eigenvalue weighted by Crippen LogP contribution is -2.28. The smallest absolute Gasteiger partial charge is 0.263 e. The standard InChI is InChI=1S/C22H28N4O3/c1-15-7-5-8-18(13-15)26-17(3)16(2)20-21(26)24-14-25(22(20)28)11-9-19(27)23-10-6-12-29-4/h5,7-8,13-14H,6,9-12H2,1-4H3,(H,23,27). The zero-order valence-electron chi connectivity index (χ0n) is 17.5. The molecule has 0 spiro atoms. The van der Waals surface area contributed by atoms with Crippen LogP contribution in [-0.2, 0) is 16.1 Å². The van der Waals surface area contributed by atoms with Gasteiger partial charge in [0.2, 0.25) is 5.91 Å². The summed E-state index contributed by atoms with van der Waals surface area (Å²) >= 11 is 0. The minimum atomic E-state index is -0.116. The van der Waals surface area contributed by atoms with Gasteiger partial charge in [0, 0.05) is 44.6 Å². The first-order valence-electron chi connectivity index (χ1n) is 9.83. The molecule has 154 valence electrons. The molecule has 7 heteroatoms. The largest absolute Gasteiger partial charge is 0.385 e. The van der Waals surface area contributed by atoms with E-state index in [0.717, 1.165) is 28.9 Å². The van der Waals surface area contributed by atoms with Crippen molar-refractivity contribution in [3.05, 3.63) is 57.8 Å². The summed E-state index contributed by atoms with van der Waals surface area (Å²) < 4.78 is 8.50. The summed E-state index contributed by atoms with van der Waals surface area (Å²) in [5.41, 5.74) is 4.57. The van der Waals surface area contributed by atoms with Gasteiger partial charge in [-0.2, -0.15) is 0 Å². The van der Waals surface area contributed by atoms with Crippen molar-refractivity contribution in [2.75, 3.05) is 20.3 Å². The molecule has 3 aromatic rings. The third-order valence-corrected chi connectivity index (χ3v) is 5.17. The number of aryl methyl sites for hydroxylation is 3. The van der Waals surface area contributed by atoms with Gasteiger partial charge in [-0.05, 0) is 50.5 Å². The Morgan fingerprint density at radius 1 is 1.24 bits per heavy atom. The van der Waals surface area contributed by atoms with Crippen molar-refractivity contribution in [3.8, 4) is 5.69 Å². The van der Waals surface area contributed by atoms with E-state index < -0.39 is 0 Å². The Morgan fingerprint density at radius 2 is 2.03 bits per heavy atom. The second kappa shape index (κ2) is 9.05. The highest BCUT2D eigenvalue weighted by atomic mass is 16.5. The lowest BCUT2D eigenvalue weighted by atomic mass is 10.2. The first-order valence-corrected chi connectivity index (χ1v) is 9.83. The molecule has 2 heterocycles. The third-order valence-electron chi connectivity index (χ3n) is 5.17. The van der Waals surface area contributed by atoms with Crippen LogP contribution in [0.4, 0.5) is 0 Å². The normalized spacial score (nSPS) is 11.2.